The molecule has 0 bridgehead atoms. The van der Waals surface area contributed by atoms with Gasteiger partial charge in [-0.3, -0.25) is 9.10 Å². The van der Waals surface area contributed by atoms with Gasteiger partial charge in [0.1, 0.15) is 6.04 Å². The number of halogens is 1. The van der Waals surface area contributed by atoms with Crippen LogP contribution in [0.15, 0.2) is 18.2 Å². The van der Waals surface area contributed by atoms with E-state index in [0.717, 1.165) is 16.1 Å². The maximum atomic E-state index is 12.3. The van der Waals surface area contributed by atoms with Crippen molar-refractivity contribution in [3.63, 3.8) is 0 Å². The van der Waals surface area contributed by atoms with E-state index in [-0.39, 0.29) is 11.8 Å². The number of amides is 1. The fraction of sp³-hybridized carbons (Fsp3) is 0.533. The molecule has 1 atom stereocenters. The summed E-state index contributed by atoms with van der Waals surface area (Å²) in [6.45, 7) is 7.79. The molecule has 0 radical (unpaired) electrons. The summed E-state index contributed by atoms with van der Waals surface area (Å²) in [4.78, 5) is 12.3. The molecular formula is C15H23ClN2O3S. The second kappa shape index (κ2) is 7.33. The van der Waals surface area contributed by atoms with Crippen LogP contribution in [0.3, 0.4) is 0 Å². The van der Waals surface area contributed by atoms with Gasteiger partial charge in [0.25, 0.3) is 0 Å². The van der Waals surface area contributed by atoms with Crippen molar-refractivity contribution in [1.29, 1.82) is 0 Å². The van der Waals surface area contributed by atoms with Crippen LogP contribution in [0.1, 0.15) is 26.3 Å². The minimum Gasteiger partial charge on any atom is -0.354 e. The number of carbonyl (C=O) groups excluding carboxylic acids is 1. The van der Waals surface area contributed by atoms with Gasteiger partial charge in [0.2, 0.25) is 15.9 Å². The Morgan fingerprint density at radius 2 is 1.91 bits per heavy atom. The average molecular weight is 347 g/mol. The predicted octanol–water partition coefficient (Wildman–Crippen LogP) is 2.58. The highest BCUT2D eigenvalue weighted by atomic mass is 35.5. The topological polar surface area (TPSA) is 66.5 Å². The Labute approximate surface area is 137 Å². The normalized spacial score (nSPS) is 13.0. The van der Waals surface area contributed by atoms with Crippen molar-refractivity contribution in [3.05, 3.63) is 28.8 Å². The van der Waals surface area contributed by atoms with Gasteiger partial charge >= 0.3 is 0 Å². The standard InChI is InChI=1S/C15H23ClN2O3S/c1-10(2)9-17-15(19)12(4)18(22(5,20)21)14-8-13(16)7-6-11(14)3/h6-8,10,12H,9H2,1-5H3,(H,17,19)/t12-/m1/s1. The van der Waals surface area contributed by atoms with E-state index in [0.29, 0.717) is 17.3 Å². The largest absolute Gasteiger partial charge is 0.354 e. The zero-order valence-electron chi connectivity index (χ0n) is 13.6. The quantitative estimate of drug-likeness (QED) is 0.860. The van der Waals surface area contributed by atoms with Gasteiger partial charge in [-0.2, -0.15) is 0 Å². The number of carbonyl (C=O) groups is 1. The lowest BCUT2D eigenvalue weighted by Gasteiger charge is -2.29. The average Bonchev–Trinajstić information content (AvgIpc) is 2.38. The van der Waals surface area contributed by atoms with Crippen LogP contribution >= 0.6 is 11.6 Å². The molecule has 1 rings (SSSR count). The van der Waals surface area contributed by atoms with Gasteiger partial charge in [0.05, 0.1) is 11.9 Å². The third-order valence-corrected chi connectivity index (χ3v) is 4.64. The second-order valence-corrected chi connectivity index (χ2v) is 8.10. The zero-order valence-corrected chi connectivity index (χ0v) is 15.1. The van der Waals surface area contributed by atoms with E-state index in [1.165, 1.54) is 0 Å². The van der Waals surface area contributed by atoms with E-state index < -0.39 is 16.1 Å². The molecule has 0 aliphatic carbocycles. The molecule has 5 nitrogen and oxygen atoms in total. The van der Waals surface area contributed by atoms with Crippen molar-refractivity contribution in [1.82, 2.24) is 5.32 Å². The Balaban J connectivity index is 3.19. The number of nitrogens with zero attached hydrogens (tertiary/aromatic N) is 1. The molecule has 0 saturated heterocycles. The maximum Gasteiger partial charge on any atom is 0.243 e. The highest BCUT2D eigenvalue weighted by Crippen LogP contribution is 2.28. The Hall–Kier alpha value is -1.27. The van der Waals surface area contributed by atoms with Gasteiger partial charge in [-0.1, -0.05) is 31.5 Å². The Morgan fingerprint density at radius 3 is 2.41 bits per heavy atom. The summed E-state index contributed by atoms with van der Waals surface area (Å²) >= 11 is 5.98. The molecule has 124 valence electrons. The van der Waals surface area contributed by atoms with Crippen molar-refractivity contribution in [2.45, 2.75) is 33.7 Å². The molecule has 1 N–H and O–H groups in total. The summed E-state index contributed by atoms with van der Waals surface area (Å²) in [5.41, 5.74) is 1.15. The highest BCUT2D eigenvalue weighted by molar-refractivity contribution is 7.92. The van der Waals surface area contributed by atoms with Crippen LogP contribution in [0.2, 0.25) is 5.02 Å². The molecule has 1 aromatic carbocycles. The minimum atomic E-state index is -3.63. The second-order valence-electron chi connectivity index (χ2n) is 5.80. The lowest BCUT2D eigenvalue weighted by molar-refractivity contribution is -0.121. The first-order chi connectivity index (χ1) is 10.0. The van der Waals surface area contributed by atoms with Crippen LogP contribution in [0.4, 0.5) is 5.69 Å². The summed E-state index contributed by atoms with van der Waals surface area (Å²) in [5.74, 6) is -0.0470. The summed E-state index contributed by atoms with van der Waals surface area (Å²) in [7, 11) is -3.63. The van der Waals surface area contributed by atoms with Crippen LogP contribution in [-0.4, -0.2) is 33.2 Å². The van der Waals surface area contributed by atoms with E-state index in [4.69, 9.17) is 11.6 Å². The number of aryl methyl sites for hydroxylation is 1. The highest BCUT2D eigenvalue weighted by Gasteiger charge is 2.30. The van der Waals surface area contributed by atoms with E-state index in [2.05, 4.69) is 5.32 Å². The summed E-state index contributed by atoms with van der Waals surface area (Å²) < 4.78 is 25.5. The minimum absolute atomic E-state index is 0.288. The SMILES string of the molecule is Cc1ccc(Cl)cc1N([C@H](C)C(=O)NCC(C)C)S(C)(=O)=O. The lowest BCUT2D eigenvalue weighted by Crippen LogP contribution is -2.48. The van der Waals surface area contributed by atoms with Crippen molar-refractivity contribution < 1.29 is 13.2 Å². The number of hydrogen-bond donors (Lipinski definition) is 1. The van der Waals surface area contributed by atoms with Crippen LogP contribution in [0.5, 0.6) is 0 Å². The molecule has 0 heterocycles. The lowest BCUT2D eigenvalue weighted by atomic mass is 10.1. The first-order valence-electron chi connectivity index (χ1n) is 7.07. The van der Waals surface area contributed by atoms with Gasteiger partial charge in [0.15, 0.2) is 0 Å². The Morgan fingerprint density at radius 1 is 1.32 bits per heavy atom. The molecule has 0 saturated carbocycles. The summed E-state index contributed by atoms with van der Waals surface area (Å²) in [6, 6.07) is 4.12. The van der Waals surface area contributed by atoms with Gasteiger partial charge in [-0.25, -0.2) is 8.42 Å². The van der Waals surface area contributed by atoms with Gasteiger partial charge in [-0.15, -0.1) is 0 Å². The van der Waals surface area contributed by atoms with Crippen molar-refractivity contribution in [2.24, 2.45) is 5.92 Å². The van der Waals surface area contributed by atoms with E-state index >= 15 is 0 Å². The molecule has 0 fully saturated rings. The summed E-state index contributed by atoms with van der Waals surface area (Å²) in [6.07, 6.45) is 1.08. The molecule has 0 unspecified atom stereocenters. The number of nitrogens with one attached hydrogen (secondary N) is 1. The van der Waals surface area contributed by atoms with Crippen molar-refractivity contribution in [3.8, 4) is 0 Å². The molecular weight excluding hydrogens is 324 g/mol. The molecule has 22 heavy (non-hydrogen) atoms. The van der Waals surface area contributed by atoms with E-state index in [1.54, 1.807) is 32.0 Å². The molecule has 0 aromatic heterocycles. The Kier molecular flexibility index (Phi) is 6.26. The van der Waals surface area contributed by atoms with Crippen molar-refractivity contribution in [2.75, 3.05) is 17.1 Å². The fourth-order valence-electron chi connectivity index (χ4n) is 2.05. The van der Waals surface area contributed by atoms with Crippen LogP contribution in [0, 0.1) is 12.8 Å². The molecule has 0 aliphatic heterocycles. The molecule has 7 heteroatoms. The van der Waals surface area contributed by atoms with E-state index in [9.17, 15) is 13.2 Å². The summed E-state index contributed by atoms with van der Waals surface area (Å²) in [5, 5.41) is 3.18. The molecule has 0 aliphatic rings. The van der Waals surface area contributed by atoms with Gasteiger partial charge < -0.3 is 5.32 Å². The molecule has 0 spiro atoms. The predicted molar refractivity (Wildman–Crippen MR) is 90.8 cm³/mol. The smallest absolute Gasteiger partial charge is 0.243 e. The Bertz CT molecular complexity index is 644. The third-order valence-electron chi connectivity index (χ3n) is 3.18. The number of rotatable bonds is 6. The number of anilines is 1. The van der Waals surface area contributed by atoms with Crippen molar-refractivity contribution >= 4 is 33.2 Å². The number of benzene rings is 1. The van der Waals surface area contributed by atoms with Crippen LogP contribution < -0.4 is 9.62 Å². The number of sulfonamides is 1. The van der Waals surface area contributed by atoms with Gasteiger partial charge in [-0.05, 0) is 37.5 Å². The van der Waals surface area contributed by atoms with Crippen LogP contribution in [0.25, 0.3) is 0 Å². The maximum absolute atomic E-state index is 12.3. The van der Waals surface area contributed by atoms with E-state index in [1.807, 2.05) is 13.8 Å². The zero-order chi connectivity index (χ0) is 17.1. The van der Waals surface area contributed by atoms with Gasteiger partial charge in [0, 0.05) is 11.6 Å². The third kappa shape index (κ3) is 4.88. The fourth-order valence-corrected chi connectivity index (χ4v) is 3.44. The van der Waals surface area contributed by atoms with Crippen LogP contribution in [-0.2, 0) is 14.8 Å². The monoisotopic (exact) mass is 346 g/mol. The number of hydrogen-bond acceptors (Lipinski definition) is 3. The molecule has 1 amide bonds. The molecule has 1 aromatic rings. The first-order valence-corrected chi connectivity index (χ1v) is 9.30. The first kappa shape index (κ1) is 18.8.